The summed E-state index contributed by atoms with van der Waals surface area (Å²) >= 11 is 11.8. The zero-order valence-corrected chi connectivity index (χ0v) is 11.3. The van der Waals surface area contributed by atoms with Crippen LogP contribution in [0.15, 0.2) is 42.5 Å². The molecule has 3 rings (SSSR count). The van der Waals surface area contributed by atoms with E-state index in [1.54, 1.807) is 36.4 Å². The van der Waals surface area contributed by atoms with Crippen LogP contribution in [-0.4, -0.2) is 12.6 Å². The first kappa shape index (κ1) is 12.3. The van der Waals surface area contributed by atoms with E-state index in [0.29, 0.717) is 27.0 Å². The summed E-state index contributed by atoms with van der Waals surface area (Å²) in [5.74, 6) is 0.490. The molecule has 0 fully saturated rings. The fraction of sp³-hybridized carbons (Fsp3) is 0.0714. The summed E-state index contributed by atoms with van der Waals surface area (Å²) < 4.78 is 5.56. The molecule has 0 aliphatic carbocycles. The fourth-order valence-corrected chi connectivity index (χ4v) is 2.24. The van der Waals surface area contributed by atoms with Crippen molar-refractivity contribution in [3.8, 4) is 5.75 Å². The van der Waals surface area contributed by atoms with Gasteiger partial charge in [-0.05, 0) is 30.3 Å². The van der Waals surface area contributed by atoms with Crippen molar-refractivity contribution in [2.75, 3.05) is 11.6 Å². The van der Waals surface area contributed by atoms with Gasteiger partial charge in [0.2, 0.25) is 0 Å². The Labute approximate surface area is 120 Å². The van der Waals surface area contributed by atoms with Crippen LogP contribution in [-0.2, 0) is 0 Å². The highest BCUT2D eigenvalue weighted by atomic mass is 35.5. The smallest absolute Gasteiger partial charge is 0.264 e. The van der Waals surface area contributed by atoms with E-state index in [1.165, 1.54) is 4.90 Å². The minimum Gasteiger partial charge on any atom is -0.472 e. The Hall–Kier alpha value is -1.71. The van der Waals surface area contributed by atoms with Crippen molar-refractivity contribution in [1.29, 1.82) is 0 Å². The Morgan fingerprint density at radius 3 is 2.63 bits per heavy atom. The Balaban J connectivity index is 2.00. The van der Waals surface area contributed by atoms with E-state index < -0.39 is 0 Å². The number of hydrogen-bond donors (Lipinski definition) is 0. The number of halogens is 2. The van der Waals surface area contributed by atoms with Gasteiger partial charge in [-0.1, -0.05) is 35.3 Å². The van der Waals surface area contributed by atoms with Crippen molar-refractivity contribution in [2.24, 2.45) is 0 Å². The van der Waals surface area contributed by atoms with Crippen molar-refractivity contribution < 1.29 is 9.53 Å². The molecule has 0 aromatic heterocycles. The predicted molar refractivity (Wildman–Crippen MR) is 75.2 cm³/mol. The molecule has 0 bridgehead atoms. The first-order chi connectivity index (χ1) is 9.16. The minimum atomic E-state index is -0.111. The molecule has 0 N–H and O–H groups in total. The minimum absolute atomic E-state index is 0.111. The number of amides is 1. The van der Waals surface area contributed by atoms with Crippen molar-refractivity contribution in [1.82, 2.24) is 0 Å². The maximum Gasteiger partial charge on any atom is 0.264 e. The van der Waals surface area contributed by atoms with Gasteiger partial charge in [0.25, 0.3) is 5.91 Å². The zero-order valence-electron chi connectivity index (χ0n) is 9.77. The van der Waals surface area contributed by atoms with E-state index in [0.717, 1.165) is 0 Å². The van der Waals surface area contributed by atoms with Crippen molar-refractivity contribution in [3.05, 3.63) is 58.1 Å². The molecule has 5 heteroatoms. The Kier molecular flexibility index (Phi) is 3.09. The summed E-state index contributed by atoms with van der Waals surface area (Å²) in [5.41, 5.74) is 1.20. The van der Waals surface area contributed by atoms with E-state index >= 15 is 0 Å². The van der Waals surface area contributed by atoms with Crippen molar-refractivity contribution in [2.45, 2.75) is 0 Å². The number of carbonyl (C=O) groups is 1. The lowest BCUT2D eigenvalue weighted by Crippen LogP contribution is -2.38. The van der Waals surface area contributed by atoms with Crippen LogP contribution in [0, 0.1) is 0 Å². The normalized spacial score (nSPS) is 14.0. The summed E-state index contributed by atoms with van der Waals surface area (Å²) in [7, 11) is 0. The number of hydrogen-bond acceptors (Lipinski definition) is 2. The van der Waals surface area contributed by atoms with Gasteiger partial charge in [-0.25, -0.2) is 0 Å². The number of fused-ring (bicyclic) bond motifs is 1. The summed E-state index contributed by atoms with van der Waals surface area (Å²) in [6.07, 6.45) is 0. The van der Waals surface area contributed by atoms with E-state index in [9.17, 15) is 4.79 Å². The molecule has 0 atom stereocenters. The lowest BCUT2D eigenvalue weighted by Gasteiger charge is -2.28. The molecule has 0 unspecified atom stereocenters. The summed E-state index contributed by atoms with van der Waals surface area (Å²) in [6.45, 7) is 0.161. The first-order valence-corrected chi connectivity index (χ1v) is 6.41. The number of ether oxygens (including phenoxy) is 1. The monoisotopic (exact) mass is 293 g/mol. The number of carbonyl (C=O) groups excluding carboxylic acids is 1. The van der Waals surface area contributed by atoms with Gasteiger partial charge in [-0.15, -0.1) is 0 Å². The van der Waals surface area contributed by atoms with E-state index in [2.05, 4.69) is 0 Å². The highest BCUT2D eigenvalue weighted by Crippen LogP contribution is 2.31. The molecule has 1 aliphatic heterocycles. The van der Waals surface area contributed by atoms with Crippen LogP contribution < -0.4 is 9.64 Å². The summed E-state index contributed by atoms with van der Waals surface area (Å²) in [4.78, 5) is 13.9. The first-order valence-electron chi connectivity index (χ1n) is 5.65. The number of anilines is 1. The maximum absolute atomic E-state index is 12.4. The molecule has 19 heavy (non-hydrogen) atoms. The molecule has 0 saturated heterocycles. The van der Waals surface area contributed by atoms with Gasteiger partial charge in [-0.3, -0.25) is 9.69 Å². The zero-order chi connectivity index (χ0) is 13.4. The summed E-state index contributed by atoms with van der Waals surface area (Å²) in [6, 6.07) is 12.2. The van der Waals surface area contributed by atoms with E-state index in [1.807, 2.05) is 6.07 Å². The number of nitrogens with zero attached hydrogens (tertiary/aromatic N) is 1. The van der Waals surface area contributed by atoms with Crippen LogP contribution in [0.5, 0.6) is 5.75 Å². The Morgan fingerprint density at radius 1 is 1.05 bits per heavy atom. The second-order valence-corrected chi connectivity index (χ2v) is 4.92. The number of benzene rings is 2. The van der Waals surface area contributed by atoms with Gasteiger partial charge in [0.05, 0.1) is 15.6 Å². The van der Waals surface area contributed by atoms with Crippen molar-refractivity contribution >= 4 is 34.8 Å². The van der Waals surface area contributed by atoms with Crippen LogP contribution in [0.1, 0.15) is 10.4 Å². The maximum atomic E-state index is 12.4. The van der Waals surface area contributed by atoms with Gasteiger partial charge >= 0.3 is 0 Å². The van der Waals surface area contributed by atoms with Crippen LogP contribution >= 0.6 is 23.2 Å². The van der Waals surface area contributed by atoms with Gasteiger partial charge in [0.15, 0.2) is 6.73 Å². The van der Waals surface area contributed by atoms with Gasteiger partial charge in [0, 0.05) is 5.69 Å². The highest BCUT2D eigenvalue weighted by molar-refractivity contribution is 6.42. The average molecular weight is 294 g/mol. The molecule has 2 aromatic rings. The fourth-order valence-electron chi connectivity index (χ4n) is 1.95. The van der Waals surface area contributed by atoms with Gasteiger partial charge in [0.1, 0.15) is 5.75 Å². The van der Waals surface area contributed by atoms with Crippen molar-refractivity contribution in [3.63, 3.8) is 0 Å². The standard InChI is InChI=1S/C14H9Cl2NO2/c15-11-6-5-9(7-12(11)16)17-8-19-13-4-2-1-3-10(13)14(17)18/h1-7H,8H2. The molecule has 0 saturated carbocycles. The molecule has 0 spiro atoms. The van der Waals surface area contributed by atoms with E-state index in [-0.39, 0.29) is 12.6 Å². The molecule has 1 heterocycles. The quantitative estimate of drug-likeness (QED) is 0.796. The van der Waals surface area contributed by atoms with Gasteiger partial charge in [-0.2, -0.15) is 0 Å². The topological polar surface area (TPSA) is 29.5 Å². The average Bonchev–Trinajstić information content (AvgIpc) is 2.43. The molecular formula is C14H9Cl2NO2. The highest BCUT2D eigenvalue weighted by Gasteiger charge is 2.26. The third kappa shape index (κ3) is 2.15. The summed E-state index contributed by atoms with van der Waals surface area (Å²) in [5, 5.41) is 0.863. The number of para-hydroxylation sites is 1. The lowest BCUT2D eigenvalue weighted by molar-refractivity contribution is 0.0937. The molecular weight excluding hydrogens is 285 g/mol. The van der Waals surface area contributed by atoms with E-state index in [4.69, 9.17) is 27.9 Å². The van der Waals surface area contributed by atoms with Crippen LogP contribution in [0.3, 0.4) is 0 Å². The van der Waals surface area contributed by atoms with Crippen LogP contribution in [0.4, 0.5) is 5.69 Å². The Bertz CT molecular complexity index is 658. The third-order valence-electron chi connectivity index (χ3n) is 2.93. The molecule has 2 aromatic carbocycles. The van der Waals surface area contributed by atoms with Crippen LogP contribution in [0.25, 0.3) is 0 Å². The van der Waals surface area contributed by atoms with Gasteiger partial charge < -0.3 is 4.74 Å². The molecule has 1 aliphatic rings. The SMILES string of the molecule is O=C1c2ccccc2OCN1c1ccc(Cl)c(Cl)c1. The lowest BCUT2D eigenvalue weighted by atomic mass is 10.1. The molecule has 0 radical (unpaired) electrons. The predicted octanol–water partition coefficient (Wildman–Crippen LogP) is 3.99. The second-order valence-electron chi connectivity index (χ2n) is 4.10. The Morgan fingerprint density at radius 2 is 1.84 bits per heavy atom. The second kappa shape index (κ2) is 4.76. The number of rotatable bonds is 1. The molecule has 1 amide bonds. The van der Waals surface area contributed by atoms with Crippen LogP contribution in [0.2, 0.25) is 10.0 Å². The third-order valence-corrected chi connectivity index (χ3v) is 3.67. The molecule has 3 nitrogen and oxygen atoms in total. The molecule has 96 valence electrons. The largest absolute Gasteiger partial charge is 0.472 e.